The van der Waals surface area contributed by atoms with Gasteiger partial charge in [-0.15, -0.1) is 0 Å². The van der Waals surface area contributed by atoms with Crippen LogP contribution in [-0.4, -0.2) is 31.6 Å². The Hall–Kier alpha value is -2.11. The number of halogens is 1. The quantitative estimate of drug-likeness (QED) is 0.859. The van der Waals surface area contributed by atoms with E-state index in [0.717, 1.165) is 5.56 Å². The predicted molar refractivity (Wildman–Crippen MR) is 87.3 cm³/mol. The third-order valence-corrected chi connectivity index (χ3v) is 3.51. The molecule has 1 amide bonds. The van der Waals surface area contributed by atoms with Crippen molar-refractivity contribution in [2.75, 3.05) is 26.0 Å². The van der Waals surface area contributed by atoms with Crippen molar-refractivity contribution >= 4 is 23.3 Å². The highest BCUT2D eigenvalue weighted by Crippen LogP contribution is 2.18. The average molecular weight is 320 g/mol. The highest BCUT2D eigenvalue weighted by atomic mass is 35.5. The number of nitrogens with one attached hydrogen (secondary N) is 2. The number of aromatic nitrogens is 1. The van der Waals surface area contributed by atoms with Gasteiger partial charge >= 0.3 is 0 Å². The van der Waals surface area contributed by atoms with Crippen molar-refractivity contribution in [3.63, 3.8) is 0 Å². The van der Waals surface area contributed by atoms with Gasteiger partial charge in [0.15, 0.2) is 0 Å². The molecule has 2 rings (SSSR count). The van der Waals surface area contributed by atoms with Gasteiger partial charge in [-0.3, -0.25) is 4.79 Å². The number of pyridine rings is 1. The highest BCUT2D eigenvalue weighted by molar-refractivity contribution is 6.30. The number of hydrogen-bond acceptors (Lipinski definition) is 4. The first-order valence-corrected chi connectivity index (χ1v) is 7.22. The van der Waals surface area contributed by atoms with E-state index in [9.17, 15) is 4.79 Å². The van der Waals surface area contributed by atoms with Crippen LogP contribution in [-0.2, 0) is 4.74 Å². The Balaban J connectivity index is 1.97. The molecule has 1 aromatic heterocycles. The number of carbonyl (C=O) groups is 1. The van der Waals surface area contributed by atoms with Crippen LogP contribution >= 0.6 is 11.6 Å². The van der Waals surface area contributed by atoms with E-state index in [0.29, 0.717) is 22.9 Å². The van der Waals surface area contributed by atoms with Gasteiger partial charge in [-0.05, 0) is 29.8 Å². The smallest absolute Gasteiger partial charge is 0.252 e. The zero-order valence-electron chi connectivity index (χ0n) is 12.5. The fourth-order valence-corrected chi connectivity index (χ4v) is 2.10. The number of amides is 1. The second-order valence-corrected chi connectivity index (χ2v) is 5.10. The number of methoxy groups -OCH3 is 1. The van der Waals surface area contributed by atoms with Crippen LogP contribution in [0.1, 0.15) is 22.0 Å². The molecule has 2 N–H and O–H groups in total. The largest absolute Gasteiger partial charge is 0.375 e. The van der Waals surface area contributed by atoms with Crippen LogP contribution in [0.2, 0.25) is 5.02 Å². The third-order valence-electron chi connectivity index (χ3n) is 3.26. The van der Waals surface area contributed by atoms with Gasteiger partial charge in [-0.2, -0.15) is 0 Å². The summed E-state index contributed by atoms with van der Waals surface area (Å²) in [7, 11) is 3.38. The molecule has 116 valence electrons. The number of ether oxygens (including phenoxy) is 1. The third kappa shape index (κ3) is 4.19. The molecule has 0 fully saturated rings. The minimum atomic E-state index is -0.231. The maximum atomic E-state index is 12.1. The SMILES string of the molecule is CNc1ccc(C(=O)NCC(OC)c2ccc(Cl)cc2)cn1. The monoisotopic (exact) mass is 319 g/mol. The first kappa shape index (κ1) is 16.3. The average Bonchev–Trinajstić information content (AvgIpc) is 2.56. The maximum absolute atomic E-state index is 12.1. The Morgan fingerprint density at radius 1 is 1.27 bits per heavy atom. The number of hydrogen-bond donors (Lipinski definition) is 2. The normalized spacial score (nSPS) is 11.8. The lowest BCUT2D eigenvalue weighted by molar-refractivity contribution is 0.0827. The van der Waals surface area contributed by atoms with Crippen molar-refractivity contribution in [3.8, 4) is 0 Å². The number of nitrogens with zero attached hydrogens (tertiary/aromatic N) is 1. The van der Waals surface area contributed by atoms with Crippen LogP contribution in [0.3, 0.4) is 0 Å². The molecule has 0 bridgehead atoms. The van der Waals surface area contributed by atoms with Crippen molar-refractivity contribution in [1.82, 2.24) is 10.3 Å². The minimum absolute atomic E-state index is 0.189. The maximum Gasteiger partial charge on any atom is 0.252 e. The van der Waals surface area contributed by atoms with E-state index in [1.54, 1.807) is 38.4 Å². The molecule has 1 aromatic carbocycles. The van der Waals surface area contributed by atoms with E-state index in [4.69, 9.17) is 16.3 Å². The van der Waals surface area contributed by atoms with Crippen LogP contribution < -0.4 is 10.6 Å². The lowest BCUT2D eigenvalue weighted by Gasteiger charge is -2.16. The van der Waals surface area contributed by atoms with E-state index in [1.165, 1.54) is 6.20 Å². The van der Waals surface area contributed by atoms with E-state index >= 15 is 0 Å². The van der Waals surface area contributed by atoms with E-state index < -0.39 is 0 Å². The standard InChI is InChI=1S/C16H18ClN3O2/c1-18-15-8-5-12(9-19-15)16(21)20-10-14(22-2)11-3-6-13(17)7-4-11/h3-9,14H,10H2,1-2H3,(H,18,19)(H,20,21). The molecule has 0 saturated heterocycles. The molecule has 2 aromatic rings. The van der Waals surface area contributed by atoms with Gasteiger partial charge in [-0.1, -0.05) is 23.7 Å². The Bertz CT molecular complexity index is 614. The molecule has 1 unspecified atom stereocenters. The van der Waals surface area contributed by atoms with Gasteiger partial charge in [0.25, 0.3) is 5.91 Å². The zero-order chi connectivity index (χ0) is 15.9. The first-order valence-electron chi connectivity index (χ1n) is 6.84. The van der Waals surface area contributed by atoms with Crippen molar-refractivity contribution in [2.45, 2.75) is 6.10 Å². The summed E-state index contributed by atoms with van der Waals surface area (Å²) >= 11 is 5.87. The molecule has 0 aliphatic heterocycles. The topological polar surface area (TPSA) is 63.2 Å². The molecule has 0 saturated carbocycles. The summed E-state index contributed by atoms with van der Waals surface area (Å²) in [5.41, 5.74) is 1.46. The van der Waals surface area contributed by atoms with Crippen molar-refractivity contribution < 1.29 is 9.53 Å². The van der Waals surface area contributed by atoms with Gasteiger partial charge in [0, 0.05) is 31.9 Å². The Morgan fingerprint density at radius 2 is 2.00 bits per heavy atom. The summed E-state index contributed by atoms with van der Waals surface area (Å²) in [6.07, 6.45) is 1.30. The van der Waals surface area contributed by atoms with Gasteiger partial charge in [0.1, 0.15) is 5.82 Å². The van der Waals surface area contributed by atoms with Crippen molar-refractivity contribution in [1.29, 1.82) is 0 Å². The van der Waals surface area contributed by atoms with E-state index in [-0.39, 0.29) is 12.0 Å². The highest BCUT2D eigenvalue weighted by Gasteiger charge is 2.13. The molecule has 1 atom stereocenters. The van der Waals surface area contributed by atoms with Crippen LogP contribution in [0.25, 0.3) is 0 Å². The molecule has 5 nitrogen and oxygen atoms in total. The van der Waals surface area contributed by atoms with Gasteiger partial charge in [-0.25, -0.2) is 4.98 Å². The number of carbonyl (C=O) groups excluding carboxylic acids is 1. The molecule has 0 aliphatic carbocycles. The number of rotatable bonds is 6. The fraction of sp³-hybridized carbons (Fsp3) is 0.250. The molecule has 6 heteroatoms. The van der Waals surface area contributed by atoms with Gasteiger partial charge < -0.3 is 15.4 Å². The number of benzene rings is 1. The summed E-state index contributed by atoms with van der Waals surface area (Å²) in [6, 6.07) is 10.8. The number of anilines is 1. The summed E-state index contributed by atoms with van der Waals surface area (Å²) in [4.78, 5) is 16.2. The fourth-order valence-electron chi connectivity index (χ4n) is 1.98. The second-order valence-electron chi connectivity index (χ2n) is 4.67. The molecule has 1 heterocycles. The predicted octanol–water partition coefficient (Wildman–Crippen LogP) is 2.89. The first-order chi connectivity index (χ1) is 10.6. The Kier molecular flexibility index (Phi) is 5.75. The van der Waals surface area contributed by atoms with Crippen molar-refractivity contribution in [3.05, 3.63) is 58.7 Å². The molecule has 22 heavy (non-hydrogen) atoms. The summed E-state index contributed by atoms with van der Waals surface area (Å²) in [5, 5.41) is 6.41. The lowest BCUT2D eigenvalue weighted by atomic mass is 10.1. The summed E-state index contributed by atoms with van der Waals surface area (Å²) < 4.78 is 5.42. The molecular formula is C16H18ClN3O2. The van der Waals surface area contributed by atoms with Gasteiger partial charge in [0.05, 0.1) is 11.7 Å². The Morgan fingerprint density at radius 3 is 2.55 bits per heavy atom. The summed E-state index contributed by atoms with van der Waals surface area (Å²) in [6.45, 7) is 0.366. The van der Waals surface area contributed by atoms with Crippen molar-refractivity contribution in [2.24, 2.45) is 0 Å². The van der Waals surface area contributed by atoms with Crippen LogP contribution in [0.5, 0.6) is 0 Å². The van der Waals surface area contributed by atoms with Crippen LogP contribution in [0, 0.1) is 0 Å². The molecular weight excluding hydrogens is 302 g/mol. The van der Waals surface area contributed by atoms with E-state index in [1.807, 2.05) is 12.1 Å². The minimum Gasteiger partial charge on any atom is -0.375 e. The lowest BCUT2D eigenvalue weighted by Crippen LogP contribution is -2.29. The zero-order valence-corrected chi connectivity index (χ0v) is 13.2. The second kappa shape index (κ2) is 7.77. The van der Waals surface area contributed by atoms with E-state index in [2.05, 4.69) is 15.6 Å². The molecule has 0 radical (unpaired) electrons. The molecule has 0 aliphatic rings. The Labute approximate surface area is 134 Å². The molecule has 0 spiro atoms. The van der Waals surface area contributed by atoms with Crippen LogP contribution in [0.15, 0.2) is 42.6 Å². The van der Waals surface area contributed by atoms with Gasteiger partial charge in [0.2, 0.25) is 0 Å². The van der Waals surface area contributed by atoms with Crippen LogP contribution in [0.4, 0.5) is 5.82 Å². The summed E-state index contributed by atoms with van der Waals surface area (Å²) in [5.74, 6) is 0.527.